The molecule has 0 amide bonds. The van der Waals surface area contributed by atoms with Crippen LogP contribution in [0.1, 0.15) is 26.2 Å². The molecule has 86 valence electrons. The highest BCUT2D eigenvalue weighted by Gasteiger charge is 2.09. The molecule has 0 saturated heterocycles. The summed E-state index contributed by atoms with van der Waals surface area (Å²) >= 11 is 1.42. The lowest BCUT2D eigenvalue weighted by atomic mass is 10.3. The Balaban J connectivity index is 3.49. The van der Waals surface area contributed by atoms with E-state index >= 15 is 0 Å². The number of thioether (sulfide) groups is 1. The van der Waals surface area contributed by atoms with Crippen LogP contribution in [0.5, 0.6) is 0 Å². The Morgan fingerprint density at radius 1 is 1.33 bits per heavy atom. The van der Waals surface area contributed by atoms with Gasteiger partial charge in [0.05, 0.1) is 12.4 Å². The van der Waals surface area contributed by atoms with Crippen molar-refractivity contribution in [3.05, 3.63) is 12.2 Å². The average Bonchev–Trinajstić information content (AvgIpc) is 2.17. The van der Waals surface area contributed by atoms with Crippen LogP contribution in [-0.2, 0) is 14.3 Å². The van der Waals surface area contributed by atoms with Gasteiger partial charge in [-0.2, -0.15) is 11.8 Å². The second-order valence-electron chi connectivity index (χ2n) is 3.04. The summed E-state index contributed by atoms with van der Waals surface area (Å²) in [5.74, 6) is -0.110. The third-order valence-electron chi connectivity index (χ3n) is 1.60. The summed E-state index contributed by atoms with van der Waals surface area (Å²) in [6.45, 7) is 2.41. The number of carbonyl (C=O) groups excluding carboxylic acids is 2. The Morgan fingerprint density at radius 2 is 2.07 bits per heavy atom. The molecule has 0 aliphatic rings. The minimum atomic E-state index is -0.418. The van der Waals surface area contributed by atoms with Gasteiger partial charge in [0.2, 0.25) is 0 Å². The van der Waals surface area contributed by atoms with Crippen LogP contribution in [0.25, 0.3) is 0 Å². The van der Waals surface area contributed by atoms with Crippen LogP contribution in [0.4, 0.5) is 0 Å². The largest absolute Gasteiger partial charge is 0.465 e. The van der Waals surface area contributed by atoms with Gasteiger partial charge in [-0.25, -0.2) is 0 Å². The second-order valence-corrected chi connectivity index (χ2v) is 3.90. The molecule has 0 aromatic heterocycles. The first-order chi connectivity index (χ1) is 7.20. The van der Waals surface area contributed by atoms with Crippen LogP contribution in [-0.4, -0.2) is 30.4 Å². The summed E-state index contributed by atoms with van der Waals surface area (Å²) in [6, 6.07) is 0. The van der Waals surface area contributed by atoms with Crippen LogP contribution in [0.15, 0.2) is 12.2 Å². The number of esters is 1. The number of carbonyl (C=O) groups is 2. The highest BCUT2D eigenvalue weighted by atomic mass is 32.2. The Labute approximate surface area is 95.3 Å². The Hall–Kier alpha value is -0.770. The fourth-order valence-corrected chi connectivity index (χ4v) is 1.37. The van der Waals surface area contributed by atoms with Crippen molar-refractivity contribution in [2.45, 2.75) is 26.2 Å². The zero-order valence-electron chi connectivity index (χ0n) is 9.32. The fraction of sp³-hybridized carbons (Fsp3) is 0.636. The van der Waals surface area contributed by atoms with Crippen LogP contribution >= 0.6 is 11.8 Å². The number of ether oxygens (including phenoxy) is 1. The lowest BCUT2D eigenvalue weighted by Crippen LogP contribution is -2.13. The predicted molar refractivity (Wildman–Crippen MR) is 63.0 cm³/mol. The molecule has 15 heavy (non-hydrogen) atoms. The van der Waals surface area contributed by atoms with Gasteiger partial charge in [0.1, 0.15) is 6.42 Å². The zero-order chi connectivity index (χ0) is 11.5. The molecule has 0 radical (unpaired) electrons. The molecular formula is C11H18O3S. The first kappa shape index (κ1) is 14.2. The van der Waals surface area contributed by atoms with Gasteiger partial charge in [0.25, 0.3) is 0 Å². The zero-order valence-corrected chi connectivity index (χ0v) is 10.1. The number of rotatable bonds is 8. The van der Waals surface area contributed by atoms with E-state index in [1.165, 1.54) is 11.8 Å². The quantitative estimate of drug-likeness (QED) is 0.277. The summed E-state index contributed by atoms with van der Waals surface area (Å²) in [4.78, 5) is 22.1. The molecular weight excluding hydrogens is 212 g/mol. The minimum absolute atomic E-state index is 0.0726. The van der Waals surface area contributed by atoms with E-state index in [0.717, 1.165) is 12.8 Å². The van der Waals surface area contributed by atoms with E-state index < -0.39 is 5.97 Å². The van der Waals surface area contributed by atoms with Gasteiger partial charge in [-0.05, 0) is 19.1 Å². The van der Waals surface area contributed by atoms with E-state index in [1.807, 2.05) is 25.3 Å². The maximum Gasteiger partial charge on any atom is 0.313 e. The maximum absolute atomic E-state index is 11.1. The van der Waals surface area contributed by atoms with Crippen LogP contribution in [0.2, 0.25) is 0 Å². The van der Waals surface area contributed by atoms with E-state index in [4.69, 9.17) is 4.74 Å². The third kappa shape index (κ3) is 9.53. The first-order valence-electron chi connectivity index (χ1n) is 5.02. The molecule has 3 nitrogen and oxygen atoms in total. The Morgan fingerprint density at radius 3 is 2.67 bits per heavy atom. The van der Waals surface area contributed by atoms with E-state index in [9.17, 15) is 9.59 Å². The van der Waals surface area contributed by atoms with Crippen LogP contribution < -0.4 is 0 Å². The van der Waals surface area contributed by atoms with Crippen LogP contribution in [0, 0.1) is 0 Å². The van der Waals surface area contributed by atoms with Gasteiger partial charge in [-0.15, -0.1) is 0 Å². The monoisotopic (exact) mass is 230 g/mol. The van der Waals surface area contributed by atoms with Gasteiger partial charge >= 0.3 is 5.97 Å². The van der Waals surface area contributed by atoms with E-state index in [0.29, 0.717) is 12.4 Å². The molecule has 0 unspecified atom stereocenters. The average molecular weight is 230 g/mol. The summed E-state index contributed by atoms with van der Waals surface area (Å²) < 4.78 is 4.89. The van der Waals surface area contributed by atoms with Crippen LogP contribution in [0.3, 0.4) is 0 Å². The molecule has 0 bridgehead atoms. The molecule has 0 aromatic rings. The Bertz CT molecular complexity index is 224. The van der Waals surface area contributed by atoms with Crippen molar-refractivity contribution in [1.29, 1.82) is 0 Å². The van der Waals surface area contributed by atoms with Gasteiger partial charge in [-0.1, -0.05) is 19.1 Å². The molecule has 0 N–H and O–H groups in total. The summed E-state index contributed by atoms with van der Waals surface area (Å²) in [7, 11) is 0. The highest BCUT2D eigenvalue weighted by Crippen LogP contribution is 1.98. The Kier molecular flexibility index (Phi) is 9.27. The third-order valence-corrected chi connectivity index (χ3v) is 2.21. The summed E-state index contributed by atoms with van der Waals surface area (Å²) in [6.07, 6.45) is 7.43. The molecule has 0 fully saturated rings. The number of ketones is 1. The summed E-state index contributed by atoms with van der Waals surface area (Å²) in [5, 5.41) is 0. The van der Waals surface area contributed by atoms with Crippen molar-refractivity contribution in [2.75, 3.05) is 18.6 Å². The van der Waals surface area contributed by atoms with Gasteiger partial charge in [-0.3, -0.25) is 9.59 Å². The van der Waals surface area contributed by atoms with Crippen molar-refractivity contribution in [1.82, 2.24) is 0 Å². The standard InChI is InChI=1S/C11H18O3S/c1-3-4-5-6-7-14-11(13)8-10(12)9-15-2/h4-5H,3,6-9H2,1-2H3. The molecule has 0 aliphatic heterocycles. The van der Waals surface area contributed by atoms with Gasteiger partial charge < -0.3 is 4.74 Å². The molecule has 0 aliphatic carbocycles. The number of allylic oxidation sites excluding steroid dienone is 1. The first-order valence-corrected chi connectivity index (χ1v) is 6.41. The minimum Gasteiger partial charge on any atom is -0.465 e. The molecule has 0 spiro atoms. The lowest BCUT2D eigenvalue weighted by Gasteiger charge is -2.01. The second kappa shape index (κ2) is 9.77. The topological polar surface area (TPSA) is 43.4 Å². The molecule has 0 aromatic carbocycles. The van der Waals surface area contributed by atoms with E-state index in [-0.39, 0.29) is 12.2 Å². The van der Waals surface area contributed by atoms with Gasteiger partial charge in [0.15, 0.2) is 5.78 Å². The molecule has 0 rings (SSSR count). The van der Waals surface area contributed by atoms with E-state index in [1.54, 1.807) is 0 Å². The van der Waals surface area contributed by atoms with Crippen molar-refractivity contribution in [3.63, 3.8) is 0 Å². The van der Waals surface area contributed by atoms with Crippen molar-refractivity contribution in [3.8, 4) is 0 Å². The lowest BCUT2D eigenvalue weighted by molar-refractivity contribution is -0.145. The fourth-order valence-electron chi connectivity index (χ4n) is 0.949. The molecule has 0 saturated carbocycles. The number of Topliss-reactive ketones (excluding diaryl/α,β-unsaturated/α-hetero) is 1. The summed E-state index contributed by atoms with van der Waals surface area (Å²) in [5.41, 5.74) is 0. The number of hydrogen-bond acceptors (Lipinski definition) is 4. The predicted octanol–water partition coefficient (Wildman–Crippen LogP) is 2.21. The molecule has 0 heterocycles. The normalized spacial score (nSPS) is 10.5. The van der Waals surface area contributed by atoms with Crippen molar-refractivity contribution in [2.24, 2.45) is 0 Å². The van der Waals surface area contributed by atoms with E-state index in [2.05, 4.69) is 0 Å². The van der Waals surface area contributed by atoms with Crippen molar-refractivity contribution < 1.29 is 14.3 Å². The number of hydrogen-bond donors (Lipinski definition) is 0. The van der Waals surface area contributed by atoms with Gasteiger partial charge in [0, 0.05) is 0 Å². The molecule has 0 atom stereocenters. The van der Waals surface area contributed by atoms with Crippen molar-refractivity contribution >= 4 is 23.5 Å². The molecule has 4 heteroatoms. The highest BCUT2D eigenvalue weighted by molar-refractivity contribution is 7.99. The SMILES string of the molecule is CCC=CCCOC(=O)CC(=O)CSC. The smallest absolute Gasteiger partial charge is 0.313 e. The maximum atomic E-state index is 11.1.